The van der Waals surface area contributed by atoms with E-state index in [0.717, 1.165) is 4.47 Å². The lowest BCUT2D eigenvalue weighted by Gasteiger charge is -2.08. The molecule has 2 rings (SSSR count). The Hall–Kier alpha value is -2.30. The van der Waals surface area contributed by atoms with Gasteiger partial charge in [-0.2, -0.15) is 10.5 Å². The summed E-state index contributed by atoms with van der Waals surface area (Å²) >= 11 is 3.29. The number of nitriles is 2. The minimum atomic E-state index is 0.414. The summed E-state index contributed by atoms with van der Waals surface area (Å²) in [5.74, 6) is 0.877. The first-order valence-electron chi connectivity index (χ1n) is 5.11. The Kier molecular flexibility index (Phi) is 3.62. The van der Waals surface area contributed by atoms with E-state index in [0.29, 0.717) is 22.6 Å². The second kappa shape index (κ2) is 5.35. The zero-order valence-corrected chi connectivity index (χ0v) is 10.8. The van der Waals surface area contributed by atoms with E-state index >= 15 is 0 Å². The maximum atomic E-state index is 9.03. The van der Waals surface area contributed by atoms with Gasteiger partial charge in [0.1, 0.15) is 23.6 Å². The lowest BCUT2D eigenvalue weighted by molar-refractivity contribution is 0.479. The van der Waals surface area contributed by atoms with Crippen LogP contribution in [0.5, 0.6) is 11.5 Å². The van der Waals surface area contributed by atoms with Crippen LogP contribution >= 0.6 is 15.9 Å². The molecule has 0 radical (unpaired) electrons. The van der Waals surface area contributed by atoms with Crippen LogP contribution in [0.4, 0.5) is 0 Å². The van der Waals surface area contributed by atoms with Crippen LogP contribution < -0.4 is 4.74 Å². The van der Waals surface area contributed by atoms with Gasteiger partial charge in [-0.1, -0.05) is 28.1 Å². The minimum Gasteiger partial charge on any atom is -0.455 e. The van der Waals surface area contributed by atoms with Gasteiger partial charge in [0.05, 0.1) is 11.1 Å². The standard InChI is InChI=1S/C14H7BrN2O/c15-12-5-6-14(11(7-12)9-17)18-13-4-2-1-3-10(13)8-16/h1-7H. The van der Waals surface area contributed by atoms with Crippen molar-refractivity contribution in [1.29, 1.82) is 10.5 Å². The fraction of sp³-hybridized carbons (Fsp3) is 0. The highest BCUT2D eigenvalue weighted by Gasteiger charge is 2.08. The monoisotopic (exact) mass is 298 g/mol. The van der Waals surface area contributed by atoms with Crippen LogP contribution in [0.15, 0.2) is 46.9 Å². The van der Waals surface area contributed by atoms with Crippen LogP contribution in [0.1, 0.15) is 11.1 Å². The first-order valence-corrected chi connectivity index (χ1v) is 5.90. The average molecular weight is 299 g/mol. The van der Waals surface area contributed by atoms with Gasteiger partial charge < -0.3 is 4.74 Å². The normalized spacial score (nSPS) is 9.28. The zero-order chi connectivity index (χ0) is 13.0. The van der Waals surface area contributed by atoms with E-state index in [9.17, 15) is 0 Å². The van der Waals surface area contributed by atoms with Crippen molar-refractivity contribution in [2.24, 2.45) is 0 Å². The van der Waals surface area contributed by atoms with Crippen molar-refractivity contribution in [2.45, 2.75) is 0 Å². The molecule has 0 spiro atoms. The predicted octanol–water partition coefficient (Wildman–Crippen LogP) is 3.98. The van der Waals surface area contributed by atoms with Crippen molar-refractivity contribution in [3.05, 3.63) is 58.1 Å². The highest BCUT2D eigenvalue weighted by Crippen LogP contribution is 2.29. The van der Waals surface area contributed by atoms with Gasteiger partial charge in [0.15, 0.2) is 0 Å². The third-order valence-electron chi connectivity index (χ3n) is 2.29. The molecule has 3 nitrogen and oxygen atoms in total. The maximum Gasteiger partial charge on any atom is 0.145 e. The molecule has 0 bridgehead atoms. The Morgan fingerprint density at radius 1 is 0.889 bits per heavy atom. The van der Waals surface area contributed by atoms with Crippen LogP contribution in [0, 0.1) is 22.7 Å². The van der Waals surface area contributed by atoms with Gasteiger partial charge in [0, 0.05) is 4.47 Å². The number of hydrogen-bond donors (Lipinski definition) is 0. The average Bonchev–Trinajstić information content (AvgIpc) is 2.41. The SMILES string of the molecule is N#Cc1ccccc1Oc1ccc(Br)cc1C#N. The topological polar surface area (TPSA) is 56.8 Å². The lowest BCUT2D eigenvalue weighted by Crippen LogP contribution is -1.90. The first kappa shape index (κ1) is 12.2. The Morgan fingerprint density at radius 2 is 1.56 bits per heavy atom. The molecule has 0 saturated carbocycles. The Labute approximate surface area is 113 Å². The third kappa shape index (κ3) is 2.51. The highest BCUT2D eigenvalue weighted by atomic mass is 79.9. The summed E-state index contributed by atoms with van der Waals surface area (Å²) < 4.78 is 6.42. The van der Waals surface area contributed by atoms with Gasteiger partial charge >= 0.3 is 0 Å². The fourth-order valence-electron chi connectivity index (χ4n) is 1.45. The Morgan fingerprint density at radius 3 is 2.28 bits per heavy atom. The molecule has 0 saturated heterocycles. The van der Waals surface area contributed by atoms with Gasteiger partial charge in [-0.3, -0.25) is 0 Å². The molecule has 0 heterocycles. The van der Waals surface area contributed by atoms with Gasteiger partial charge in [-0.15, -0.1) is 0 Å². The van der Waals surface area contributed by atoms with E-state index in [1.54, 1.807) is 42.5 Å². The summed E-state index contributed by atoms with van der Waals surface area (Å²) in [5, 5.41) is 18.0. The first-order chi connectivity index (χ1) is 8.74. The summed E-state index contributed by atoms with van der Waals surface area (Å²) in [6.45, 7) is 0. The van der Waals surface area contributed by atoms with Crippen LogP contribution in [-0.4, -0.2) is 0 Å². The molecule has 86 valence electrons. The second-order valence-electron chi connectivity index (χ2n) is 3.46. The van der Waals surface area contributed by atoms with Crippen LogP contribution in [0.25, 0.3) is 0 Å². The fourth-order valence-corrected chi connectivity index (χ4v) is 1.81. The van der Waals surface area contributed by atoms with Crippen LogP contribution in [0.3, 0.4) is 0 Å². The van der Waals surface area contributed by atoms with E-state index in [2.05, 4.69) is 22.0 Å². The molecular formula is C14H7BrN2O. The minimum absolute atomic E-state index is 0.414. The van der Waals surface area contributed by atoms with Crippen LogP contribution in [0.2, 0.25) is 0 Å². The molecule has 0 aliphatic heterocycles. The number of ether oxygens (including phenoxy) is 1. The number of para-hydroxylation sites is 1. The zero-order valence-electron chi connectivity index (χ0n) is 9.22. The van der Waals surface area contributed by atoms with Crippen molar-refractivity contribution in [1.82, 2.24) is 0 Å². The second-order valence-corrected chi connectivity index (χ2v) is 4.38. The lowest BCUT2D eigenvalue weighted by atomic mass is 10.2. The molecular weight excluding hydrogens is 292 g/mol. The molecule has 0 aliphatic carbocycles. The van der Waals surface area contributed by atoms with E-state index in [1.165, 1.54) is 0 Å². The van der Waals surface area contributed by atoms with Gasteiger partial charge in [0.2, 0.25) is 0 Å². The quantitative estimate of drug-likeness (QED) is 0.842. The largest absolute Gasteiger partial charge is 0.455 e. The molecule has 0 unspecified atom stereocenters. The number of benzene rings is 2. The van der Waals surface area contributed by atoms with Crippen LogP contribution in [-0.2, 0) is 0 Å². The Balaban J connectivity index is 2.41. The smallest absolute Gasteiger partial charge is 0.145 e. The van der Waals surface area contributed by atoms with Crippen molar-refractivity contribution < 1.29 is 4.74 Å². The van der Waals surface area contributed by atoms with Crippen molar-refractivity contribution >= 4 is 15.9 Å². The molecule has 0 N–H and O–H groups in total. The molecule has 0 amide bonds. The molecule has 18 heavy (non-hydrogen) atoms. The predicted molar refractivity (Wildman–Crippen MR) is 70.1 cm³/mol. The maximum absolute atomic E-state index is 9.03. The molecule has 4 heteroatoms. The summed E-state index contributed by atoms with van der Waals surface area (Å²) in [6.07, 6.45) is 0. The molecule has 2 aromatic carbocycles. The van der Waals surface area contributed by atoms with E-state index in [-0.39, 0.29) is 0 Å². The summed E-state index contributed by atoms with van der Waals surface area (Å²) in [5.41, 5.74) is 0.849. The van der Waals surface area contributed by atoms with E-state index < -0.39 is 0 Å². The molecule has 0 fully saturated rings. The highest BCUT2D eigenvalue weighted by molar-refractivity contribution is 9.10. The Bertz CT molecular complexity index is 668. The molecule has 0 aromatic heterocycles. The van der Waals surface area contributed by atoms with E-state index in [1.807, 2.05) is 6.07 Å². The van der Waals surface area contributed by atoms with Gasteiger partial charge in [-0.25, -0.2) is 0 Å². The van der Waals surface area contributed by atoms with Crippen molar-refractivity contribution in [3.8, 4) is 23.6 Å². The van der Waals surface area contributed by atoms with E-state index in [4.69, 9.17) is 15.3 Å². The van der Waals surface area contributed by atoms with Crippen molar-refractivity contribution in [2.75, 3.05) is 0 Å². The number of halogens is 1. The molecule has 0 atom stereocenters. The third-order valence-corrected chi connectivity index (χ3v) is 2.78. The number of nitrogens with zero attached hydrogens (tertiary/aromatic N) is 2. The summed E-state index contributed by atoms with van der Waals surface area (Å²) in [4.78, 5) is 0. The number of rotatable bonds is 2. The summed E-state index contributed by atoms with van der Waals surface area (Å²) in [7, 11) is 0. The van der Waals surface area contributed by atoms with Gasteiger partial charge in [-0.05, 0) is 30.3 Å². The van der Waals surface area contributed by atoms with Crippen molar-refractivity contribution in [3.63, 3.8) is 0 Å². The molecule has 2 aromatic rings. The number of hydrogen-bond acceptors (Lipinski definition) is 3. The summed E-state index contributed by atoms with van der Waals surface area (Å²) in [6, 6.07) is 16.2. The van der Waals surface area contributed by atoms with Gasteiger partial charge in [0.25, 0.3) is 0 Å². The molecule has 0 aliphatic rings.